The largest absolute Gasteiger partial charge is 0.479 e. The molecule has 4 atom stereocenters. The minimum Gasteiger partial charge on any atom is -0.479 e. The molecule has 0 radical (unpaired) electrons. The second-order valence-corrected chi connectivity index (χ2v) is 7.43. The van der Waals surface area contributed by atoms with Gasteiger partial charge in [0.15, 0.2) is 6.10 Å². The van der Waals surface area contributed by atoms with Crippen molar-refractivity contribution in [3.8, 4) is 5.75 Å². The van der Waals surface area contributed by atoms with Gasteiger partial charge in [0.1, 0.15) is 5.75 Å². The lowest BCUT2D eigenvalue weighted by Crippen LogP contribution is -2.46. The molecule has 1 aromatic carbocycles. The number of carbonyl (C=O) groups is 2. The summed E-state index contributed by atoms with van der Waals surface area (Å²) < 4.78 is 5.64. The van der Waals surface area contributed by atoms with Crippen LogP contribution in [0.3, 0.4) is 0 Å². The Hall–Kier alpha value is -2.08. The molecule has 1 saturated carbocycles. The third-order valence-corrected chi connectivity index (χ3v) is 5.89. The van der Waals surface area contributed by atoms with E-state index in [1.807, 2.05) is 29.2 Å². The van der Waals surface area contributed by atoms with Gasteiger partial charge in [-0.3, -0.25) is 9.59 Å². The van der Waals surface area contributed by atoms with Gasteiger partial charge in [0, 0.05) is 32.1 Å². The minimum absolute atomic E-state index is 0.0909. The van der Waals surface area contributed by atoms with E-state index in [0.29, 0.717) is 30.6 Å². The summed E-state index contributed by atoms with van der Waals surface area (Å²) in [4.78, 5) is 28.7. The van der Waals surface area contributed by atoms with Gasteiger partial charge in [-0.25, -0.2) is 0 Å². The van der Waals surface area contributed by atoms with Crippen LogP contribution in [0.1, 0.15) is 26.2 Å². The first-order valence-corrected chi connectivity index (χ1v) is 9.15. The normalized spacial score (nSPS) is 30.9. The van der Waals surface area contributed by atoms with E-state index < -0.39 is 6.10 Å². The number of nitrogens with two attached hydrogens (primary N) is 1. The highest BCUT2D eigenvalue weighted by Crippen LogP contribution is 2.37. The summed E-state index contributed by atoms with van der Waals surface area (Å²) in [7, 11) is 0. The molecule has 1 saturated heterocycles. The molecule has 6 heteroatoms. The van der Waals surface area contributed by atoms with Crippen molar-refractivity contribution >= 4 is 17.5 Å². The summed E-state index contributed by atoms with van der Waals surface area (Å²) >= 11 is 0. The van der Waals surface area contributed by atoms with Gasteiger partial charge in [-0.15, -0.1) is 0 Å². The zero-order valence-corrected chi connectivity index (χ0v) is 14.6. The van der Waals surface area contributed by atoms with Crippen molar-refractivity contribution in [2.45, 2.75) is 38.3 Å². The molecule has 1 aromatic rings. The topological polar surface area (TPSA) is 75.9 Å². The Balaban J connectivity index is 1.41. The van der Waals surface area contributed by atoms with Crippen molar-refractivity contribution < 1.29 is 14.3 Å². The van der Waals surface area contributed by atoms with E-state index in [4.69, 9.17) is 10.5 Å². The van der Waals surface area contributed by atoms with Crippen LogP contribution in [-0.2, 0) is 9.59 Å². The Morgan fingerprint density at radius 1 is 1.28 bits per heavy atom. The molecule has 3 aliphatic rings. The quantitative estimate of drug-likeness (QED) is 0.900. The number of ether oxygens (including phenoxy) is 1. The number of rotatable bonds is 3. The van der Waals surface area contributed by atoms with Crippen LogP contribution in [0.25, 0.3) is 0 Å². The molecule has 4 rings (SSSR count). The van der Waals surface area contributed by atoms with Crippen molar-refractivity contribution in [3.63, 3.8) is 0 Å². The number of amides is 2. The molecule has 2 amide bonds. The van der Waals surface area contributed by atoms with Crippen LogP contribution in [-0.4, -0.2) is 48.5 Å². The molecule has 134 valence electrons. The van der Waals surface area contributed by atoms with Gasteiger partial charge in [-0.05, 0) is 43.7 Å². The first-order chi connectivity index (χ1) is 12.0. The van der Waals surface area contributed by atoms with Gasteiger partial charge in [0.2, 0.25) is 5.91 Å². The Morgan fingerprint density at radius 3 is 2.88 bits per heavy atom. The number of likely N-dealkylation sites (tertiary alicyclic amines) is 1. The molecule has 6 nitrogen and oxygen atoms in total. The first kappa shape index (κ1) is 16.4. The monoisotopic (exact) mass is 343 g/mol. The number of hydrogen-bond acceptors (Lipinski definition) is 4. The first-order valence-electron chi connectivity index (χ1n) is 9.15. The minimum atomic E-state index is -0.519. The van der Waals surface area contributed by atoms with E-state index in [1.165, 1.54) is 0 Å². The van der Waals surface area contributed by atoms with Crippen molar-refractivity contribution in [1.29, 1.82) is 0 Å². The number of para-hydroxylation sites is 2. The Labute approximate surface area is 147 Å². The fourth-order valence-electron chi connectivity index (χ4n) is 4.47. The average Bonchev–Trinajstić information content (AvgIpc) is 3.17. The van der Waals surface area contributed by atoms with Crippen molar-refractivity contribution in [1.82, 2.24) is 4.90 Å². The summed E-state index contributed by atoms with van der Waals surface area (Å²) in [5.41, 5.74) is 6.90. The standard InChI is InChI=1S/C19H25N3O3/c1-12-19(24)22(16-4-2-3-5-17(16)25-12)9-8-18(23)21-10-13-6-7-15(20)14(13)11-21/h2-5,12-15H,6-11,20H2,1H3. The van der Waals surface area contributed by atoms with Gasteiger partial charge in [0.05, 0.1) is 5.69 Å². The fraction of sp³-hybridized carbons (Fsp3) is 0.579. The van der Waals surface area contributed by atoms with Crippen molar-refractivity contribution in [2.75, 3.05) is 24.5 Å². The third-order valence-electron chi connectivity index (χ3n) is 5.89. The summed E-state index contributed by atoms with van der Waals surface area (Å²) in [5, 5.41) is 0. The van der Waals surface area contributed by atoms with E-state index in [1.54, 1.807) is 11.8 Å². The highest BCUT2D eigenvalue weighted by molar-refractivity contribution is 6.00. The molecule has 2 fully saturated rings. The van der Waals surface area contributed by atoms with Crippen LogP contribution in [0, 0.1) is 11.8 Å². The van der Waals surface area contributed by atoms with E-state index in [9.17, 15) is 9.59 Å². The highest BCUT2D eigenvalue weighted by Gasteiger charge is 2.42. The molecule has 2 heterocycles. The van der Waals surface area contributed by atoms with Crippen molar-refractivity contribution in [3.05, 3.63) is 24.3 Å². The molecule has 2 N–H and O–H groups in total. The molecular weight excluding hydrogens is 318 g/mol. The molecule has 1 aliphatic carbocycles. The van der Waals surface area contributed by atoms with E-state index >= 15 is 0 Å². The molecule has 0 spiro atoms. The van der Waals surface area contributed by atoms with Crippen LogP contribution in [0.4, 0.5) is 5.69 Å². The van der Waals surface area contributed by atoms with Gasteiger partial charge in [-0.1, -0.05) is 12.1 Å². The number of hydrogen-bond donors (Lipinski definition) is 1. The smallest absolute Gasteiger partial charge is 0.267 e. The molecule has 4 unspecified atom stereocenters. The predicted octanol–water partition coefficient (Wildman–Crippen LogP) is 1.39. The zero-order chi connectivity index (χ0) is 17.6. The molecular formula is C19H25N3O3. The number of carbonyl (C=O) groups excluding carboxylic acids is 2. The molecule has 25 heavy (non-hydrogen) atoms. The average molecular weight is 343 g/mol. The van der Waals surface area contributed by atoms with Gasteiger partial charge in [0.25, 0.3) is 5.91 Å². The maximum atomic E-state index is 12.6. The summed E-state index contributed by atoms with van der Waals surface area (Å²) in [6, 6.07) is 7.72. The van der Waals surface area contributed by atoms with E-state index in [2.05, 4.69) is 0 Å². The van der Waals surface area contributed by atoms with Gasteiger partial charge >= 0.3 is 0 Å². The zero-order valence-electron chi connectivity index (χ0n) is 14.6. The predicted molar refractivity (Wildman–Crippen MR) is 94.3 cm³/mol. The summed E-state index contributed by atoms with van der Waals surface area (Å²) in [5.74, 6) is 1.74. The number of benzene rings is 1. The van der Waals surface area contributed by atoms with E-state index in [-0.39, 0.29) is 17.9 Å². The molecule has 0 bridgehead atoms. The number of nitrogens with zero attached hydrogens (tertiary/aromatic N) is 2. The SMILES string of the molecule is CC1Oc2ccccc2N(CCC(=O)N2CC3CCC(N)C3C2)C1=O. The lowest BCUT2D eigenvalue weighted by Gasteiger charge is -2.33. The maximum Gasteiger partial charge on any atom is 0.267 e. The summed E-state index contributed by atoms with van der Waals surface area (Å²) in [6.45, 7) is 3.73. The Morgan fingerprint density at radius 2 is 2.08 bits per heavy atom. The van der Waals surface area contributed by atoms with Crippen LogP contribution in [0.2, 0.25) is 0 Å². The Kier molecular flexibility index (Phi) is 4.15. The lowest BCUT2D eigenvalue weighted by molar-refractivity contribution is -0.130. The number of anilines is 1. The van der Waals surface area contributed by atoms with Crippen LogP contribution >= 0.6 is 0 Å². The fourth-order valence-corrected chi connectivity index (χ4v) is 4.47. The maximum absolute atomic E-state index is 12.6. The second-order valence-electron chi connectivity index (χ2n) is 7.43. The van der Waals surface area contributed by atoms with E-state index in [0.717, 1.165) is 31.6 Å². The Bertz CT molecular complexity index is 692. The van der Waals surface area contributed by atoms with Crippen molar-refractivity contribution in [2.24, 2.45) is 17.6 Å². The molecule has 2 aliphatic heterocycles. The highest BCUT2D eigenvalue weighted by atomic mass is 16.5. The van der Waals surface area contributed by atoms with Gasteiger partial charge < -0.3 is 20.3 Å². The second kappa shape index (κ2) is 6.33. The van der Waals surface area contributed by atoms with Gasteiger partial charge in [-0.2, -0.15) is 0 Å². The third kappa shape index (κ3) is 2.88. The number of fused-ring (bicyclic) bond motifs is 2. The molecule has 0 aromatic heterocycles. The lowest BCUT2D eigenvalue weighted by atomic mass is 9.98. The van der Waals surface area contributed by atoms with Crippen LogP contribution in [0.15, 0.2) is 24.3 Å². The van der Waals surface area contributed by atoms with Crippen LogP contribution < -0.4 is 15.4 Å². The summed E-state index contributed by atoms with van der Waals surface area (Å²) in [6.07, 6.45) is 2.02. The van der Waals surface area contributed by atoms with Crippen LogP contribution in [0.5, 0.6) is 5.75 Å².